The van der Waals surface area contributed by atoms with Crippen LogP contribution in [0.25, 0.3) is 10.2 Å². The van der Waals surface area contributed by atoms with Gasteiger partial charge in [-0.1, -0.05) is 0 Å². The monoisotopic (exact) mass is 306 g/mol. The van der Waals surface area contributed by atoms with Crippen LogP contribution in [-0.4, -0.2) is 40.8 Å². The van der Waals surface area contributed by atoms with Crippen molar-refractivity contribution in [3.63, 3.8) is 0 Å². The van der Waals surface area contributed by atoms with Gasteiger partial charge < -0.3 is 15.3 Å². The minimum Gasteiger partial charge on any atom is -0.393 e. The number of aliphatic hydroxyl groups is 1. The number of nitrogens with zero attached hydrogens (tertiary/aromatic N) is 3. The van der Waals surface area contributed by atoms with Gasteiger partial charge in [0, 0.05) is 30.4 Å². The van der Waals surface area contributed by atoms with Crippen LogP contribution in [0.5, 0.6) is 0 Å². The Morgan fingerprint density at radius 1 is 1.52 bits per heavy atom. The maximum Gasteiger partial charge on any atom is 0.226 e. The minimum atomic E-state index is -0.259. The predicted octanol–water partition coefficient (Wildman–Crippen LogP) is 2.64. The van der Waals surface area contributed by atoms with Crippen LogP contribution in [-0.2, 0) is 0 Å². The maximum absolute atomic E-state index is 9.80. The highest BCUT2D eigenvalue weighted by molar-refractivity contribution is 7.18. The third kappa shape index (κ3) is 2.82. The van der Waals surface area contributed by atoms with Gasteiger partial charge in [-0.25, -0.2) is 4.98 Å². The topological polar surface area (TPSA) is 61.3 Å². The number of thiophene rings is 1. The molecule has 1 aliphatic heterocycles. The average Bonchev–Trinajstić information content (AvgIpc) is 3.03. The van der Waals surface area contributed by atoms with E-state index >= 15 is 0 Å². The fraction of sp³-hybridized carbons (Fsp3) is 0.600. The summed E-state index contributed by atoms with van der Waals surface area (Å²) in [6.45, 7) is 8.65. The first kappa shape index (κ1) is 14.5. The molecular formula is C15H22N4OS. The van der Waals surface area contributed by atoms with Gasteiger partial charge in [-0.2, -0.15) is 4.98 Å². The fourth-order valence-electron chi connectivity index (χ4n) is 2.88. The molecule has 0 radical (unpaired) electrons. The molecular weight excluding hydrogens is 284 g/mol. The van der Waals surface area contributed by atoms with E-state index in [9.17, 15) is 5.11 Å². The molecule has 0 aromatic carbocycles. The van der Waals surface area contributed by atoms with Crippen molar-refractivity contribution < 1.29 is 5.11 Å². The highest BCUT2D eigenvalue weighted by Gasteiger charge is 2.28. The number of nitrogens with one attached hydrogen (secondary N) is 1. The Morgan fingerprint density at radius 3 is 3.00 bits per heavy atom. The molecule has 21 heavy (non-hydrogen) atoms. The van der Waals surface area contributed by atoms with E-state index < -0.39 is 0 Å². The molecule has 1 fully saturated rings. The molecule has 5 nitrogen and oxygen atoms in total. The molecule has 2 unspecified atom stereocenters. The van der Waals surface area contributed by atoms with Gasteiger partial charge >= 0.3 is 0 Å². The Hall–Kier alpha value is -1.40. The summed E-state index contributed by atoms with van der Waals surface area (Å²) in [5.74, 6) is 2.03. The number of aliphatic hydroxyl groups excluding tert-OH is 1. The van der Waals surface area contributed by atoms with Crippen molar-refractivity contribution in [2.45, 2.75) is 33.3 Å². The van der Waals surface area contributed by atoms with Crippen molar-refractivity contribution in [2.24, 2.45) is 5.92 Å². The Bertz CT molecular complexity index is 640. The van der Waals surface area contributed by atoms with Crippen LogP contribution in [0.2, 0.25) is 0 Å². The van der Waals surface area contributed by atoms with Gasteiger partial charge in [0.25, 0.3) is 0 Å². The van der Waals surface area contributed by atoms with E-state index in [1.807, 2.05) is 13.8 Å². The lowest BCUT2D eigenvalue weighted by atomic mass is 10.0. The van der Waals surface area contributed by atoms with Gasteiger partial charge in [-0.05, 0) is 33.3 Å². The van der Waals surface area contributed by atoms with E-state index in [0.717, 1.165) is 42.1 Å². The summed E-state index contributed by atoms with van der Waals surface area (Å²) in [4.78, 5) is 13.9. The standard InChI is InChI=1S/C15H22N4OS/c1-4-16-15-17-13(12-7-9(2)21-14(12)18-15)19-6-5-11(8-19)10(3)20/h7,10-11,20H,4-6,8H2,1-3H3,(H,16,17,18). The molecule has 114 valence electrons. The van der Waals surface area contributed by atoms with Crippen LogP contribution in [0.1, 0.15) is 25.1 Å². The molecule has 6 heteroatoms. The summed E-state index contributed by atoms with van der Waals surface area (Å²) in [6, 6.07) is 2.17. The summed E-state index contributed by atoms with van der Waals surface area (Å²) in [5, 5.41) is 14.1. The van der Waals surface area contributed by atoms with Crippen molar-refractivity contribution in [1.29, 1.82) is 0 Å². The lowest BCUT2D eigenvalue weighted by molar-refractivity contribution is 0.136. The second-order valence-corrected chi connectivity index (χ2v) is 6.95. The van der Waals surface area contributed by atoms with E-state index in [1.165, 1.54) is 4.88 Å². The molecule has 0 saturated carbocycles. The van der Waals surface area contributed by atoms with Gasteiger partial charge in [-0.3, -0.25) is 0 Å². The van der Waals surface area contributed by atoms with Crippen LogP contribution in [0, 0.1) is 12.8 Å². The fourth-order valence-corrected chi connectivity index (χ4v) is 3.75. The zero-order valence-electron chi connectivity index (χ0n) is 12.8. The Kier molecular flexibility index (Phi) is 3.99. The summed E-state index contributed by atoms with van der Waals surface area (Å²) in [7, 11) is 0. The first-order chi connectivity index (χ1) is 10.1. The van der Waals surface area contributed by atoms with Gasteiger partial charge in [0.05, 0.1) is 11.5 Å². The summed E-state index contributed by atoms with van der Waals surface area (Å²) < 4.78 is 0. The van der Waals surface area contributed by atoms with Crippen molar-refractivity contribution in [3.05, 3.63) is 10.9 Å². The van der Waals surface area contributed by atoms with Gasteiger partial charge in [-0.15, -0.1) is 11.3 Å². The molecule has 0 aliphatic carbocycles. The molecule has 2 atom stereocenters. The molecule has 1 saturated heterocycles. The summed E-state index contributed by atoms with van der Waals surface area (Å²) >= 11 is 1.71. The Balaban J connectivity index is 2.00. The van der Waals surface area contributed by atoms with Gasteiger partial charge in [0.15, 0.2) is 0 Å². The molecule has 0 amide bonds. The van der Waals surface area contributed by atoms with Crippen molar-refractivity contribution in [2.75, 3.05) is 29.9 Å². The van der Waals surface area contributed by atoms with E-state index in [2.05, 4.69) is 28.2 Å². The molecule has 3 heterocycles. The second-order valence-electron chi connectivity index (χ2n) is 5.71. The van der Waals surface area contributed by atoms with Crippen LogP contribution in [0.4, 0.5) is 11.8 Å². The average molecular weight is 306 g/mol. The third-order valence-corrected chi connectivity index (χ3v) is 4.98. The SMILES string of the molecule is CCNc1nc(N2CCC(C(C)O)C2)c2cc(C)sc2n1. The number of fused-ring (bicyclic) bond motifs is 1. The Labute approximate surface area is 129 Å². The van der Waals surface area contributed by atoms with Crippen molar-refractivity contribution >= 4 is 33.3 Å². The number of rotatable bonds is 4. The number of hydrogen-bond acceptors (Lipinski definition) is 6. The molecule has 1 aliphatic rings. The van der Waals surface area contributed by atoms with Crippen LogP contribution in [0.3, 0.4) is 0 Å². The third-order valence-electron chi connectivity index (χ3n) is 4.04. The number of hydrogen-bond donors (Lipinski definition) is 2. The summed E-state index contributed by atoms with van der Waals surface area (Å²) in [6.07, 6.45) is 0.757. The number of anilines is 2. The van der Waals surface area contributed by atoms with Crippen molar-refractivity contribution in [3.8, 4) is 0 Å². The predicted molar refractivity (Wildman–Crippen MR) is 88.3 cm³/mol. The van der Waals surface area contributed by atoms with E-state index in [1.54, 1.807) is 11.3 Å². The highest BCUT2D eigenvalue weighted by Crippen LogP contribution is 2.34. The largest absolute Gasteiger partial charge is 0.393 e. The number of aryl methyl sites for hydroxylation is 1. The van der Waals surface area contributed by atoms with E-state index in [4.69, 9.17) is 4.98 Å². The number of aromatic nitrogens is 2. The van der Waals surface area contributed by atoms with Crippen LogP contribution < -0.4 is 10.2 Å². The smallest absolute Gasteiger partial charge is 0.226 e. The molecule has 0 bridgehead atoms. The van der Waals surface area contributed by atoms with E-state index in [0.29, 0.717) is 11.9 Å². The first-order valence-corrected chi connectivity index (χ1v) is 8.35. The lowest BCUT2D eigenvalue weighted by Crippen LogP contribution is -2.25. The normalized spacial score (nSPS) is 20.2. The maximum atomic E-state index is 9.80. The van der Waals surface area contributed by atoms with Crippen molar-refractivity contribution in [1.82, 2.24) is 9.97 Å². The zero-order chi connectivity index (χ0) is 15.0. The second kappa shape index (κ2) is 5.77. The lowest BCUT2D eigenvalue weighted by Gasteiger charge is -2.20. The van der Waals surface area contributed by atoms with E-state index in [-0.39, 0.29) is 6.10 Å². The highest BCUT2D eigenvalue weighted by atomic mass is 32.1. The molecule has 2 N–H and O–H groups in total. The van der Waals surface area contributed by atoms with Gasteiger partial charge in [0.1, 0.15) is 10.6 Å². The molecule has 2 aromatic rings. The zero-order valence-corrected chi connectivity index (χ0v) is 13.6. The van der Waals surface area contributed by atoms with Gasteiger partial charge in [0.2, 0.25) is 5.95 Å². The minimum absolute atomic E-state index is 0.259. The Morgan fingerprint density at radius 2 is 2.33 bits per heavy atom. The summed E-state index contributed by atoms with van der Waals surface area (Å²) in [5.41, 5.74) is 0. The molecule has 3 rings (SSSR count). The quantitative estimate of drug-likeness (QED) is 0.909. The van der Waals surface area contributed by atoms with Crippen LogP contribution in [0.15, 0.2) is 6.07 Å². The molecule has 0 spiro atoms. The molecule has 2 aromatic heterocycles. The first-order valence-electron chi connectivity index (χ1n) is 7.53. The van der Waals surface area contributed by atoms with Crippen LogP contribution >= 0.6 is 11.3 Å².